The van der Waals surface area contributed by atoms with Crippen LogP contribution in [0.5, 0.6) is 5.75 Å². The van der Waals surface area contributed by atoms with Crippen LogP contribution in [0.2, 0.25) is 0 Å². The van der Waals surface area contributed by atoms with Crippen molar-refractivity contribution in [3.8, 4) is 16.2 Å². The zero-order chi connectivity index (χ0) is 16.7. The van der Waals surface area contributed by atoms with Crippen LogP contribution in [0.3, 0.4) is 0 Å². The molecular formula is C18H13FN2O2S. The summed E-state index contributed by atoms with van der Waals surface area (Å²) in [5.74, 6) is -1.63. The summed E-state index contributed by atoms with van der Waals surface area (Å²) in [4.78, 5) is 18.2. The molecule has 3 heterocycles. The second kappa shape index (κ2) is 5.72. The van der Waals surface area contributed by atoms with Crippen LogP contribution in [0, 0.1) is 5.82 Å². The molecule has 24 heavy (non-hydrogen) atoms. The van der Waals surface area contributed by atoms with E-state index in [1.165, 1.54) is 18.2 Å². The van der Waals surface area contributed by atoms with Crippen molar-refractivity contribution < 1.29 is 14.3 Å². The van der Waals surface area contributed by atoms with Gasteiger partial charge in [0.1, 0.15) is 5.82 Å². The highest BCUT2D eigenvalue weighted by molar-refractivity contribution is 7.13. The maximum atomic E-state index is 14.1. The fraction of sp³-hybridized carbons (Fsp3) is 0.111. The molecule has 4 nitrogen and oxygen atoms in total. The molecule has 120 valence electrons. The molecule has 1 atom stereocenters. The normalized spacial score (nSPS) is 15.8. The molecule has 0 radical (unpaired) electrons. The van der Waals surface area contributed by atoms with Gasteiger partial charge < -0.3 is 10.4 Å². The Balaban J connectivity index is 1.74. The predicted molar refractivity (Wildman–Crippen MR) is 91.2 cm³/mol. The summed E-state index contributed by atoms with van der Waals surface area (Å²) in [6, 6.07) is 9.96. The van der Waals surface area contributed by atoms with Crippen molar-refractivity contribution in [1.29, 1.82) is 0 Å². The lowest BCUT2D eigenvalue weighted by Crippen LogP contribution is -2.16. The van der Waals surface area contributed by atoms with Gasteiger partial charge in [0, 0.05) is 28.7 Å². The summed E-state index contributed by atoms with van der Waals surface area (Å²) in [5, 5.41) is 14.6. The number of rotatable bonds is 3. The van der Waals surface area contributed by atoms with Crippen molar-refractivity contribution in [3.63, 3.8) is 0 Å². The Hall–Kier alpha value is -2.73. The molecule has 0 bridgehead atoms. The van der Waals surface area contributed by atoms with Gasteiger partial charge in [0.05, 0.1) is 11.5 Å². The van der Waals surface area contributed by atoms with Crippen LogP contribution in [0.1, 0.15) is 21.8 Å². The number of hydrogen-bond donors (Lipinski definition) is 2. The van der Waals surface area contributed by atoms with E-state index in [1.54, 1.807) is 17.5 Å². The topological polar surface area (TPSA) is 62.2 Å². The molecule has 1 aromatic carbocycles. The third-order valence-corrected chi connectivity index (χ3v) is 5.05. The summed E-state index contributed by atoms with van der Waals surface area (Å²) < 4.78 is 14.1. The van der Waals surface area contributed by atoms with Crippen LogP contribution in [0.15, 0.2) is 48.0 Å². The molecule has 0 fully saturated rings. The van der Waals surface area contributed by atoms with Crippen molar-refractivity contribution in [2.24, 2.45) is 0 Å². The summed E-state index contributed by atoms with van der Waals surface area (Å²) in [6.07, 6.45) is 1.76. The van der Waals surface area contributed by atoms with E-state index in [1.807, 2.05) is 23.6 Å². The highest BCUT2D eigenvalue weighted by atomic mass is 32.1. The highest BCUT2D eigenvalue weighted by Crippen LogP contribution is 2.37. The minimum absolute atomic E-state index is 0.101. The second-order valence-electron chi connectivity index (χ2n) is 5.58. The lowest BCUT2D eigenvalue weighted by Gasteiger charge is -2.11. The number of fused-ring (bicyclic) bond motifs is 1. The third kappa shape index (κ3) is 2.35. The first-order valence-corrected chi connectivity index (χ1v) is 8.32. The van der Waals surface area contributed by atoms with Gasteiger partial charge in [0.25, 0.3) is 0 Å². The number of pyridine rings is 1. The minimum atomic E-state index is -0.877. The quantitative estimate of drug-likeness (QED) is 0.706. The predicted octanol–water partition coefficient (Wildman–Crippen LogP) is 4.05. The van der Waals surface area contributed by atoms with Gasteiger partial charge in [-0.1, -0.05) is 12.1 Å². The Morgan fingerprint density at radius 3 is 3.00 bits per heavy atom. The number of carbonyl (C=O) groups excluding carboxylic acids is 1. The molecular weight excluding hydrogens is 327 g/mol. The monoisotopic (exact) mass is 340 g/mol. The van der Waals surface area contributed by atoms with Crippen LogP contribution < -0.4 is 5.32 Å². The van der Waals surface area contributed by atoms with Gasteiger partial charge in [-0.3, -0.25) is 4.79 Å². The Morgan fingerprint density at radius 2 is 2.21 bits per heavy atom. The largest absolute Gasteiger partial charge is 0.505 e. The Kier molecular flexibility index (Phi) is 3.54. The molecule has 1 aliphatic rings. The molecule has 3 aromatic rings. The van der Waals surface area contributed by atoms with E-state index in [2.05, 4.69) is 10.3 Å². The molecule has 0 aliphatic carbocycles. The lowest BCUT2D eigenvalue weighted by molar-refractivity contribution is 0.0961. The van der Waals surface area contributed by atoms with Gasteiger partial charge in [0.2, 0.25) is 0 Å². The van der Waals surface area contributed by atoms with Crippen LogP contribution in [0.25, 0.3) is 10.4 Å². The van der Waals surface area contributed by atoms with Crippen LogP contribution in [0.4, 0.5) is 10.2 Å². The van der Waals surface area contributed by atoms with Gasteiger partial charge in [-0.15, -0.1) is 11.3 Å². The summed E-state index contributed by atoms with van der Waals surface area (Å²) in [5.41, 5.74) is 1.59. The molecule has 2 aromatic heterocycles. The molecule has 0 amide bonds. The number of thiophene rings is 1. The van der Waals surface area contributed by atoms with E-state index in [0.29, 0.717) is 12.4 Å². The SMILES string of the molecule is O=C(c1cccc(O)c1F)C1CNc2ncc(-c3cccs3)cc21. The number of nitrogens with one attached hydrogen (secondary N) is 1. The number of nitrogens with zero attached hydrogens (tertiary/aromatic N) is 1. The van der Waals surface area contributed by atoms with E-state index >= 15 is 0 Å². The van der Waals surface area contributed by atoms with Crippen LogP contribution in [-0.2, 0) is 0 Å². The van der Waals surface area contributed by atoms with Crippen molar-refractivity contribution in [2.45, 2.75) is 5.92 Å². The van der Waals surface area contributed by atoms with Gasteiger partial charge in [0.15, 0.2) is 17.3 Å². The Morgan fingerprint density at radius 1 is 1.33 bits per heavy atom. The average Bonchev–Trinajstić information content (AvgIpc) is 3.25. The molecule has 2 N–H and O–H groups in total. The number of anilines is 1. The first-order valence-electron chi connectivity index (χ1n) is 7.44. The van der Waals surface area contributed by atoms with Gasteiger partial charge in [-0.2, -0.15) is 0 Å². The van der Waals surface area contributed by atoms with Gasteiger partial charge >= 0.3 is 0 Å². The maximum absolute atomic E-state index is 14.1. The number of halogens is 1. The maximum Gasteiger partial charge on any atom is 0.175 e. The summed E-state index contributed by atoms with van der Waals surface area (Å²) in [7, 11) is 0. The number of phenols is 1. The van der Waals surface area contributed by atoms with E-state index in [4.69, 9.17) is 0 Å². The van der Waals surface area contributed by atoms with Crippen molar-refractivity contribution in [3.05, 3.63) is 64.9 Å². The van der Waals surface area contributed by atoms with Gasteiger partial charge in [-0.05, 0) is 29.6 Å². The first-order chi connectivity index (χ1) is 11.6. The number of aromatic hydroxyl groups is 1. The zero-order valence-electron chi connectivity index (χ0n) is 12.5. The third-order valence-electron chi connectivity index (χ3n) is 4.13. The Bertz CT molecular complexity index is 925. The van der Waals surface area contributed by atoms with Crippen molar-refractivity contribution >= 4 is 22.9 Å². The van der Waals surface area contributed by atoms with E-state index < -0.39 is 17.5 Å². The second-order valence-corrected chi connectivity index (χ2v) is 6.52. The summed E-state index contributed by atoms with van der Waals surface area (Å²) >= 11 is 1.59. The zero-order valence-corrected chi connectivity index (χ0v) is 13.3. The number of phenolic OH excluding ortho intramolecular Hbond substituents is 1. The van der Waals surface area contributed by atoms with Crippen LogP contribution >= 0.6 is 11.3 Å². The smallest absolute Gasteiger partial charge is 0.175 e. The lowest BCUT2D eigenvalue weighted by atomic mass is 9.92. The van der Waals surface area contributed by atoms with E-state index in [-0.39, 0.29) is 11.3 Å². The molecule has 4 rings (SSSR count). The first kappa shape index (κ1) is 14.8. The Labute approximate surface area is 141 Å². The number of aromatic nitrogens is 1. The summed E-state index contributed by atoms with van der Waals surface area (Å²) in [6.45, 7) is 0.365. The average molecular weight is 340 g/mol. The fourth-order valence-electron chi connectivity index (χ4n) is 2.91. The number of hydrogen-bond acceptors (Lipinski definition) is 5. The molecule has 1 unspecified atom stereocenters. The molecule has 0 spiro atoms. The van der Waals surface area contributed by atoms with E-state index in [0.717, 1.165) is 16.0 Å². The van der Waals surface area contributed by atoms with E-state index in [9.17, 15) is 14.3 Å². The number of carbonyl (C=O) groups is 1. The van der Waals surface area contributed by atoms with Crippen LogP contribution in [-0.4, -0.2) is 22.4 Å². The molecule has 1 aliphatic heterocycles. The number of benzene rings is 1. The highest BCUT2D eigenvalue weighted by Gasteiger charge is 2.32. The van der Waals surface area contributed by atoms with Crippen molar-refractivity contribution in [1.82, 2.24) is 4.98 Å². The molecule has 0 saturated carbocycles. The number of ketones is 1. The fourth-order valence-corrected chi connectivity index (χ4v) is 3.62. The molecule has 0 saturated heterocycles. The number of Topliss-reactive ketones (excluding diaryl/α,β-unsaturated/α-hetero) is 1. The minimum Gasteiger partial charge on any atom is -0.505 e. The molecule has 6 heteroatoms. The standard InChI is InChI=1S/C18H13FN2O2S/c19-16-11(3-1-4-14(16)22)17(23)13-9-21-18-12(13)7-10(8-20-18)15-5-2-6-24-15/h1-8,13,22H,9H2,(H,20,21). The van der Waals surface area contributed by atoms with Crippen molar-refractivity contribution in [2.75, 3.05) is 11.9 Å². The van der Waals surface area contributed by atoms with Gasteiger partial charge in [-0.25, -0.2) is 9.37 Å².